The molecule has 1 heterocycles. The van der Waals surface area contributed by atoms with Gasteiger partial charge in [-0.1, -0.05) is 18.6 Å². The summed E-state index contributed by atoms with van der Waals surface area (Å²) in [4.78, 5) is 0. The fraction of sp³-hybridized carbons (Fsp3) is 0.571. The molecule has 0 radical (unpaired) electrons. The lowest BCUT2D eigenvalue weighted by atomic mass is 10.0. The lowest BCUT2D eigenvalue weighted by Gasteiger charge is -2.23. The second-order valence-corrected chi connectivity index (χ2v) is 4.43. The van der Waals surface area contributed by atoms with Crippen molar-refractivity contribution in [1.29, 1.82) is 0 Å². The van der Waals surface area contributed by atoms with Crippen molar-refractivity contribution in [3.63, 3.8) is 0 Å². The summed E-state index contributed by atoms with van der Waals surface area (Å²) in [7, 11) is 1.67. The van der Waals surface area contributed by atoms with Crippen molar-refractivity contribution in [2.24, 2.45) is 0 Å². The van der Waals surface area contributed by atoms with E-state index in [0.29, 0.717) is 6.04 Å². The van der Waals surface area contributed by atoms with Gasteiger partial charge in [0.25, 0.3) is 0 Å². The van der Waals surface area contributed by atoms with Gasteiger partial charge in [-0.25, -0.2) is 0 Å². The zero-order chi connectivity index (χ0) is 11.9. The number of ether oxygens (including phenoxy) is 2. The van der Waals surface area contributed by atoms with Crippen LogP contribution in [0.4, 0.5) is 0 Å². The van der Waals surface area contributed by atoms with Crippen molar-refractivity contribution < 1.29 is 9.47 Å². The molecule has 1 aromatic rings. The average Bonchev–Trinajstić information content (AvgIpc) is 2.40. The predicted molar refractivity (Wildman–Crippen MR) is 68.7 cm³/mol. The van der Waals surface area contributed by atoms with Crippen LogP contribution < -0.4 is 14.8 Å². The third kappa shape index (κ3) is 3.63. The Morgan fingerprint density at radius 3 is 2.76 bits per heavy atom. The molecule has 1 aliphatic heterocycles. The van der Waals surface area contributed by atoms with E-state index < -0.39 is 0 Å². The first-order valence-corrected chi connectivity index (χ1v) is 6.39. The molecule has 1 unspecified atom stereocenters. The first kappa shape index (κ1) is 12.2. The largest absolute Gasteiger partial charge is 0.493 e. The van der Waals surface area contributed by atoms with E-state index in [1.807, 2.05) is 24.3 Å². The Kier molecular flexibility index (Phi) is 4.68. The molecule has 0 amide bonds. The van der Waals surface area contributed by atoms with E-state index >= 15 is 0 Å². The fourth-order valence-corrected chi connectivity index (χ4v) is 2.22. The summed E-state index contributed by atoms with van der Waals surface area (Å²) in [6.45, 7) is 1.90. The van der Waals surface area contributed by atoms with Gasteiger partial charge in [-0.2, -0.15) is 0 Å². The summed E-state index contributed by atoms with van der Waals surface area (Å²) in [5, 5.41) is 3.52. The molecule has 2 rings (SSSR count). The smallest absolute Gasteiger partial charge is 0.161 e. The molecule has 3 heteroatoms. The monoisotopic (exact) mass is 235 g/mol. The van der Waals surface area contributed by atoms with Gasteiger partial charge in [0.15, 0.2) is 11.5 Å². The van der Waals surface area contributed by atoms with Crippen molar-refractivity contribution in [1.82, 2.24) is 5.32 Å². The quantitative estimate of drug-likeness (QED) is 0.851. The molecule has 0 spiro atoms. The topological polar surface area (TPSA) is 30.5 Å². The van der Waals surface area contributed by atoms with Crippen LogP contribution in [0.25, 0.3) is 0 Å². The number of para-hydroxylation sites is 2. The molecule has 17 heavy (non-hydrogen) atoms. The number of benzene rings is 1. The van der Waals surface area contributed by atoms with E-state index in [1.165, 1.54) is 19.3 Å². The van der Waals surface area contributed by atoms with Gasteiger partial charge in [0.05, 0.1) is 13.7 Å². The lowest BCUT2D eigenvalue weighted by molar-refractivity contribution is 0.257. The van der Waals surface area contributed by atoms with Gasteiger partial charge in [0.1, 0.15) is 0 Å². The standard InChI is InChI=1S/C14H21NO2/c1-16-13-7-2-3-8-14(13)17-11-9-12-6-4-5-10-15-12/h2-3,7-8,12,15H,4-6,9-11H2,1H3. The maximum Gasteiger partial charge on any atom is 0.161 e. The van der Waals surface area contributed by atoms with Gasteiger partial charge >= 0.3 is 0 Å². The summed E-state index contributed by atoms with van der Waals surface area (Å²) in [6, 6.07) is 8.42. The first-order chi connectivity index (χ1) is 8.40. The van der Waals surface area contributed by atoms with E-state index in [9.17, 15) is 0 Å². The summed E-state index contributed by atoms with van der Waals surface area (Å²) in [6.07, 6.45) is 4.99. The summed E-state index contributed by atoms with van der Waals surface area (Å²) >= 11 is 0. The Morgan fingerprint density at radius 2 is 2.06 bits per heavy atom. The minimum atomic E-state index is 0.624. The molecule has 94 valence electrons. The van der Waals surface area contributed by atoms with Crippen molar-refractivity contribution in [3.8, 4) is 11.5 Å². The van der Waals surface area contributed by atoms with Crippen LogP contribution in [0.15, 0.2) is 24.3 Å². The average molecular weight is 235 g/mol. The van der Waals surface area contributed by atoms with E-state index in [2.05, 4.69) is 5.32 Å². The molecular formula is C14H21NO2. The lowest BCUT2D eigenvalue weighted by Crippen LogP contribution is -2.35. The molecule has 1 aromatic carbocycles. The van der Waals surface area contributed by atoms with Crippen LogP contribution in [0, 0.1) is 0 Å². The van der Waals surface area contributed by atoms with Crippen LogP contribution in [-0.2, 0) is 0 Å². The fourth-order valence-electron chi connectivity index (χ4n) is 2.22. The van der Waals surface area contributed by atoms with Crippen LogP contribution >= 0.6 is 0 Å². The second-order valence-electron chi connectivity index (χ2n) is 4.43. The number of piperidine rings is 1. The van der Waals surface area contributed by atoms with Gasteiger partial charge in [-0.05, 0) is 37.9 Å². The molecule has 0 aliphatic carbocycles. The number of hydrogen-bond acceptors (Lipinski definition) is 3. The van der Waals surface area contributed by atoms with E-state index in [-0.39, 0.29) is 0 Å². The molecule has 1 saturated heterocycles. The zero-order valence-electron chi connectivity index (χ0n) is 10.4. The maximum atomic E-state index is 5.77. The summed E-state index contributed by atoms with van der Waals surface area (Å²) in [5.41, 5.74) is 0. The normalized spacial score (nSPS) is 19.9. The highest BCUT2D eigenvalue weighted by atomic mass is 16.5. The Hall–Kier alpha value is -1.22. The van der Waals surface area contributed by atoms with E-state index in [4.69, 9.17) is 9.47 Å². The second kappa shape index (κ2) is 6.50. The molecule has 0 aromatic heterocycles. The molecular weight excluding hydrogens is 214 g/mol. The third-order valence-electron chi connectivity index (χ3n) is 3.21. The molecule has 0 saturated carbocycles. The highest BCUT2D eigenvalue weighted by Crippen LogP contribution is 2.26. The van der Waals surface area contributed by atoms with Crippen LogP contribution in [0.1, 0.15) is 25.7 Å². The van der Waals surface area contributed by atoms with Crippen molar-refractivity contribution in [2.75, 3.05) is 20.3 Å². The van der Waals surface area contributed by atoms with Crippen LogP contribution in [0.2, 0.25) is 0 Å². The van der Waals surface area contributed by atoms with Gasteiger partial charge in [-0.3, -0.25) is 0 Å². The van der Waals surface area contributed by atoms with E-state index in [0.717, 1.165) is 31.1 Å². The number of nitrogens with one attached hydrogen (secondary N) is 1. The third-order valence-corrected chi connectivity index (χ3v) is 3.21. The first-order valence-electron chi connectivity index (χ1n) is 6.39. The minimum Gasteiger partial charge on any atom is -0.493 e. The number of methoxy groups -OCH3 is 1. The molecule has 1 aliphatic rings. The molecule has 1 atom stereocenters. The highest BCUT2D eigenvalue weighted by molar-refractivity contribution is 5.39. The SMILES string of the molecule is COc1ccccc1OCCC1CCCCN1. The van der Waals surface area contributed by atoms with Crippen LogP contribution in [-0.4, -0.2) is 26.3 Å². The highest BCUT2D eigenvalue weighted by Gasteiger charge is 2.12. The molecule has 0 bridgehead atoms. The van der Waals surface area contributed by atoms with Gasteiger partial charge in [-0.15, -0.1) is 0 Å². The Labute approximate surface area is 103 Å². The summed E-state index contributed by atoms with van der Waals surface area (Å²) in [5.74, 6) is 1.65. The Morgan fingerprint density at radius 1 is 1.24 bits per heavy atom. The van der Waals surface area contributed by atoms with Crippen molar-refractivity contribution in [3.05, 3.63) is 24.3 Å². The van der Waals surface area contributed by atoms with Crippen LogP contribution in [0.5, 0.6) is 11.5 Å². The van der Waals surface area contributed by atoms with Crippen LogP contribution in [0.3, 0.4) is 0 Å². The minimum absolute atomic E-state index is 0.624. The van der Waals surface area contributed by atoms with Gasteiger partial charge in [0.2, 0.25) is 0 Å². The van der Waals surface area contributed by atoms with Gasteiger partial charge in [0, 0.05) is 6.04 Å². The summed E-state index contributed by atoms with van der Waals surface area (Å²) < 4.78 is 11.0. The maximum absolute atomic E-state index is 5.77. The number of rotatable bonds is 5. The zero-order valence-corrected chi connectivity index (χ0v) is 10.4. The van der Waals surface area contributed by atoms with Crippen molar-refractivity contribution in [2.45, 2.75) is 31.7 Å². The van der Waals surface area contributed by atoms with Crippen molar-refractivity contribution >= 4 is 0 Å². The van der Waals surface area contributed by atoms with E-state index in [1.54, 1.807) is 7.11 Å². The molecule has 1 N–H and O–H groups in total. The Bertz CT molecular complexity index is 335. The Balaban J connectivity index is 1.77. The van der Waals surface area contributed by atoms with Gasteiger partial charge < -0.3 is 14.8 Å². The number of hydrogen-bond donors (Lipinski definition) is 1. The molecule has 1 fully saturated rings. The molecule has 3 nitrogen and oxygen atoms in total. The predicted octanol–water partition coefficient (Wildman–Crippen LogP) is 2.61.